The molecule has 0 unspecified atom stereocenters. The van der Waals surface area contributed by atoms with Crippen LogP contribution in [0.5, 0.6) is 0 Å². The van der Waals surface area contributed by atoms with Gasteiger partial charge in [-0.25, -0.2) is 4.79 Å². The minimum Gasteiger partial charge on any atom is -0.309 e. The maximum Gasteiger partial charge on any atom is 0.345 e. The van der Waals surface area contributed by atoms with Gasteiger partial charge in [0.25, 0.3) is 5.91 Å². The zero-order chi connectivity index (χ0) is 19.6. The van der Waals surface area contributed by atoms with Gasteiger partial charge in [0.15, 0.2) is 0 Å². The average molecular weight is 374 g/mol. The van der Waals surface area contributed by atoms with E-state index in [-0.39, 0.29) is 23.9 Å². The Labute approximate surface area is 158 Å². The Bertz CT molecular complexity index is 716. The monoisotopic (exact) mass is 374 g/mol. The van der Waals surface area contributed by atoms with Crippen LogP contribution in [-0.2, 0) is 21.0 Å². The highest BCUT2D eigenvalue weighted by Gasteiger charge is 2.48. The van der Waals surface area contributed by atoms with Crippen LogP contribution in [0.1, 0.15) is 39.2 Å². The van der Waals surface area contributed by atoms with Crippen molar-refractivity contribution in [3.05, 3.63) is 35.9 Å². The summed E-state index contributed by atoms with van der Waals surface area (Å²) in [4.78, 5) is 44.3. The van der Waals surface area contributed by atoms with Gasteiger partial charge >= 0.3 is 6.03 Å². The molecule has 1 aromatic carbocycles. The Kier molecular flexibility index (Phi) is 5.36. The first kappa shape index (κ1) is 19.2. The fourth-order valence-electron chi connectivity index (χ4n) is 3.18. The van der Waals surface area contributed by atoms with Crippen LogP contribution in [-0.4, -0.2) is 46.4 Å². The molecule has 2 saturated heterocycles. The van der Waals surface area contributed by atoms with E-state index in [1.807, 2.05) is 30.3 Å². The van der Waals surface area contributed by atoms with Gasteiger partial charge in [-0.2, -0.15) is 5.06 Å². The van der Waals surface area contributed by atoms with Crippen molar-refractivity contribution < 1.29 is 19.2 Å². The number of benzene rings is 1. The molecule has 2 aliphatic heterocycles. The molecule has 0 aromatic heterocycles. The number of hydroxylamine groups is 2. The smallest absolute Gasteiger partial charge is 0.309 e. The van der Waals surface area contributed by atoms with E-state index in [2.05, 4.69) is 10.9 Å². The fourth-order valence-corrected chi connectivity index (χ4v) is 3.18. The molecule has 8 nitrogen and oxygen atoms in total. The molecule has 0 radical (unpaired) electrons. The van der Waals surface area contributed by atoms with E-state index in [4.69, 9.17) is 4.84 Å². The van der Waals surface area contributed by atoms with E-state index < -0.39 is 11.5 Å². The SMILES string of the molecule is CC(C)(C)C(=O)NNC(=O)[C@@H]1CC[C@@H]2CN1C(=O)N2OCc1ccccc1. The highest BCUT2D eigenvalue weighted by molar-refractivity contribution is 5.90. The molecule has 3 rings (SSSR count). The number of nitrogens with one attached hydrogen (secondary N) is 2. The molecule has 8 heteroatoms. The van der Waals surface area contributed by atoms with Crippen molar-refractivity contribution in [3.63, 3.8) is 0 Å². The zero-order valence-corrected chi connectivity index (χ0v) is 15.9. The van der Waals surface area contributed by atoms with E-state index in [9.17, 15) is 14.4 Å². The van der Waals surface area contributed by atoms with Crippen molar-refractivity contribution in [2.75, 3.05) is 6.54 Å². The van der Waals surface area contributed by atoms with Crippen LogP contribution in [0.2, 0.25) is 0 Å². The molecule has 2 fully saturated rings. The molecule has 2 aliphatic rings. The first-order valence-corrected chi connectivity index (χ1v) is 9.14. The van der Waals surface area contributed by atoms with Crippen LogP contribution in [0.4, 0.5) is 4.79 Å². The molecule has 27 heavy (non-hydrogen) atoms. The maximum atomic E-state index is 12.7. The lowest BCUT2D eigenvalue weighted by molar-refractivity contribution is -0.140. The summed E-state index contributed by atoms with van der Waals surface area (Å²) in [7, 11) is 0. The van der Waals surface area contributed by atoms with Crippen molar-refractivity contribution in [2.45, 2.75) is 52.3 Å². The third kappa shape index (κ3) is 4.21. The number of carbonyl (C=O) groups is 3. The van der Waals surface area contributed by atoms with Crippen molar-refractivity contribution in [3.8, 4) is 0 Å². The first-order chi connectivity index (χ1) is 12.8. The number of rotatable bonds is 4. The number of piperidine rings is 1. The van der Waals surface area contributed by atoms with Gasteiger partial charge in [-0.15, -0.1) is 0 Å². The second kappa shape index (κ2) is 7.56. The van der Waals surface area contributed by atoms with Gasteiger partial charge in [0, 0.05) is 12.0 Å². The molecular weight excluding hydrogens is 348 g/mol. The lowest BCUT2D eigenvalue weighted by Gasteiger charge is -2.29. The number of fused-ring (bicyclic) bond motifs is 2. The number of amides is 4. The van der Waals surface area contributed by atoms with Crippen LogP contribution in [0, 0.1) is 5.41 Å². The molecule has 0 aliphatic carbocycles. The quantitative estimate of drug-likeness (QED) is 0.783. The van der Waals surface area contributed by atoms with E-state index in [0.717, 1.165) is 5.56 Å². The number of hydrazine groups is 1. The number of nitrogens with zero attached hydrogens (tertiary/aromatic N) is 2. The zero-order valence-electron chi connectivity index (χ0n) is 15.9. The Morgan fingerprint density at radius 1 is 1.15 bits per heavy atom. The third-order valence-corrected chi connectivity index (χ3v) is 4.82. The van der Waals surface area contributed by atoms with Crippen LogP contribution in [0.25, 0.3) is 0 Å². The standard InChI is InChI=1S/C19H26N4O4/c1-19(2,3)17(25)21-20-16(24)15-10-9-14-11-22(15)18(26)23(14)27-12-13-7-5-4-6-8-13/h4-8,14-15H,9-12H2,1-3H3,(H,20,24)(H,21,25)/t14-,15+/m1/s1. The summed E-state index contributed by atoms with van der Waals surface area (Å²) >= 11 is 0. The molecule has 0 spiro atoms. The van der Waals surface area contributed by atoms with Gasteiger partial charge in [0.2, 0.25) is 5.91 Å². The topological polar surface area (TPSA) is 91.0 Å². The van der Waals surface area contributed by atoms with Gasteiger partial charge in [-0.1, -0.05) is 51.1 Å². The minimum atomic E-state index is -0.615. The van der Waals surface area contributed by atoms with E-state index in [1.54, 1.807) is 20.8 Å². The second-order valence-corrected chi connectivity index (χ2v) is 7.96. The molecule has 1 aromatic rings. The summed E-state index contributed by atoms with van der Waals surface area (Å²) in [5.41, 5.74) is 5.23. The van der Waals surface area contributed by atoms with Crippen molar-refractivity contribution >= 4 is 17.8 Å². The van der Waals surface area contributed by atoms with Gasteiger partial charge in [0.1, 0.15) is 12.6 Å². The number of hydrogen-bond acceptors (Lipinski definition) is 4. The predicted molar refractivity (Wildman–Crippen MR) is 97.7 cm³/mol. The summed E-state index contributed by atoms with van der Waals surface area (Å²) in [6.07, 6.45) is 1.20. The van der Waals surface area contributed by atoms with Gasteiger partial charge in [-0.05, 0) is 18.4 Å². The van der Waals surface area contributed by atoms with Crippen LogP contribution >= 0.6 is 0 Å². The molecular formula is C19H26N4O4. The van der Waals surface area contributed by atoms with E-state index in [0.29, 0.717) is 26.0 Å². The average Bonchev–Trinajstić information content (AvgIpc) is 2.88. The summed E-state index contributed by atoms with van der Waals surface area (Å²) < 4.78 is 0. The fraction of sp³-hybridized carbons (Fsp3) is 0.526. The molecule has 2 heterocycles. The second-order valence-electron chi connectivity index (χ2n) is 7.96. The van der Waals surface area contributed by atoms with E-state index in [1.165, 1.54) is 9.96 Å². The lowest BCUT2D eigenvalue weighted by atomic mass is 9.96. The highest BCUT2D eigenvalue weighted by Crippen LogP contribution is 2.30. The van der Waals surface area contributed by atoms with Crippen LogP contribution < -0.4 is 10.9 Å². The Balaban J connectivity index is 1.57. The Morgan fingerprint density at radius 2 is 1.85 bits per heavy atom. The summed E-state index contributed by atoms with van der Waals surface area (Å²) in [6.45, 7) is 6.01. The van der Waals surface area contributed by atoms with Crippen LogP contribution in [0.3, 0.4) is 0 Å². The first-order valence-electron chi connectivity index (χ1n) is 9.14. The number of urea groups is 1. The summed E-state index contributed by atoms with van der Waals surface area (Å²) in [5, 5.41) is 1.38. The molecule has 146 valence electrons. The summed E-state index contributed by atoms with van der Waals surface area (Å²) in [6, 6.07) is 8.63. The Morgan fingerprint density at radius 3 is 2.52 bits per heavy atom. The van der Waals surface area contributed by atoms with Crippen molar-refractivity contribution in [1.29, 1.82) is 0 Å². The van der Waals surface area contributed by atoms with Crippen LogP contribution in [0.15, 0.2) is 30.3 Å². The predicted octanol–water partition coefficient (Wildman–Crippen LogP) is 1.58. The number of hydrogen-bond donors (Lipinski definition) is 2. The van der Waals surface area contributed by atoms with Crippen molar-refractivity contribution in [2.24, 2.45) is 5.41 Å². The minimum absolute atomic E-state index is 0.0607. The molecule has 4 amide bonds. The highest BCUT2D eigenvalue weighted by atomic mass is 16.7. The normalized spacial score (nSPS) is 22.0. The number of carbonyl (C=O) groups excluding carboxylic acids is 3. The summed E-state index contributed by atoms with van der Waals surface area (Å²) in [5.74, 6) is -0.672. The van der Waals surface area contributed by atoms with Crippen molar-refractivity contribution in [1.82, 2.24) is 20.8 Å². The van der Waals surface area contributed by atoms with Gasteiger partial charge in [-0.3, -0.25) is 25.3 Å². The lowest BCUT2D eigenvalue weighted by Crippen LogP contribution is -2.55. The third-order valence-electron chi connectivity index (χ3n) is 4.82. The van der Waals surface area contributed by atoms with Gasteiger partial charge < -0.3 is 4.90 Å². The van der Waals surface area contributed by atoms with Gasteiger partial charge in [0.05, 0.1) is 6.04 Å². The molecule has 0 saturated carbocycles. The molecule has 2 bridgehead atoms. The van der Waals surface area contributed by atoms with E-state index >= 15 is 0 Å². The largest absolute Gasteiger partial charge is 0.345 e. The molecule has 2 N–H and O–H groups in total. The maximum absolute atomic E-state index is 12.7. The molecule has 2 atom stereocenters. The Hall–Kier alpha value is -2.61.